The van der Waals surface area contributed by atoms with E-state index in [9.17, 15) is 20.2 Å². The lowest BCUT2D eigenvalue weighted by atomic mass is 9.78. The van der Waals surface area contributed by atoms with E-state index in [1.807, 2.05) is 41.3 Å². The molecule has 0 radical (unpaired) electrons. The minimum Gasteiger partial charge on any atom is -0.311 e. The Morgan fingerprint density at radius 2 is 0.554 bits per heavy atom. The van der Waals surface area contributed by atoms with E-state index < -0.39 is 9.85 Å². The third kappa shape index (κ3) is 7.50. The van der Waals surface area contributed by atoms with Gasteiger partial charge in [-0.1, -0.05) is 113 Å². The highest BCUT2D eigenvalue weighted by Gasteiger charge is 2.26. The molecule has 0 aliphatic rings. The van der Waals surface area contributed by atoms with Crippen LogP contribution in [-0.2, 0) is 10.8 Å². The molecule has 0 spiro atoms. The van der Waals surface area contributed by atoms with Crippen LogP contribution in [0.15, 0.2) is 182 Å². The maximum atomic E-state index is 11.4. The number of rotatable bonds is 12. The number of nitro benzene ring substituents is 2. The summed E-state index contributed by atoms with van der Waals surface area (Å²) in [5.74, 6) is 0. The Kier molecular flexibility index (Phi) is 10.2. The van der Waals surface area contributed by atoms with Gasteiger partial charge in [0.2, 0.25) is 0 Å². The smallest absolute Gasteiger partial charge is 0.269 e. The summed E-state index contributed by atoms with van der Waals surface area (Å²) < 4.78 is 0. The molecule has 0 aliphatic carbocycles. The van der Waals surface area contributed by atoms with Gasteiger partial charge in [-0.25, -0.2) is 0 Å². The maximum Gasteiger partial charge on any atom is 0.269 e. The molecule has 0 heterocycles. The molecule has 278 valence electrons. The first kappa shape index (κ1) is 37.3. The van der Waals surface area contributed by atoms with Gasteiger partial charge in [-0.05, 0) is 95.1 Å². The summed E-state index contributed by atoms with van der Waals surface area (Å²) in [5.41, 5.74) is 9.43. The SMILES string of the molecule is CC(C)(c1ccccc1)c1ccc(N(c2ccc(N(c3ccc([N+](=O)[O-])cc3)c3ccc([N+](=O)[O-])cc3)cc2)c2ccc(C(C)(C)c3ccccc3)cc2)cc1. The summed E-state index contributed by atoms with van der Waals surface area (Å²) in [7, 11) is 0. The predicted molar refractivity (Wildman–Crippen MR) is 226 cm³/mol. The van der Waals surface area contributed by atoms with E-state index in [0.717, 1.165) is 22.7 Å². The number of anilines is 6. The zero-order valence-corrected chi connectivity index (χ0v) is 31.7. The molecule has 0 fully saturated rings. The second-order valence-electron chi connectivity index (χ2n) is 14.8. The van der Waals surface area contributed by atoms with E-state index in [1.165, 1.54) is 46.5 Å². The standard InChI is InChI=1S/C48H42N4O4/c1-47(2,35-11-7-5-8-12-35)37-15-19-39(20-16-37)49(40-21-17-38(18-22-40)48(3,4)36-13-9-6-10-14-36)41-23-25-42(26-24-41)50(43-27-31-45(32-28-43)51(53)54)44-29-33-46(34-30-44)52(55)56/h5-34H,1-4H3. The molecule has 0 atom stereocenters. The Morgan fingerprint density at radius 3 is 0.804 bits per heavy atom. The van der Waals surface area contributed by atoms with Gasteiger partial charge in [0.05, 0.1) is 9.85 Å². The van der Waals surface area contributed by atoms with Crippen LogP contribution >= 0.6 is 0 Å². The van der Waals surface area contributed by atoms with Crippen LogP contribution in [0.3, 0.4) is 0 Å². The van der Waals surface area contributed by atoms with Crippen LogP contribution in [0.4, 0.5) is 45.5 Å². The molecule has 0 bridgehead atoms. The Morgan fingerprint density at radius 1 is 0.339 bits per heavy atom. The fourth-order valence-corrected chi connectivity index (χ4v) is 7.19. The maximum absolute atomic E-state index is 11.4. The molecule has 0 N–H and O–H groups in total. The molecule has 7 rings (SSSR count). The molecular formula is C48H42N4O4. The second kappa shape index (κ2) is 15.4. The van der Waals surface area contributed by atoms with Crippen LogP contribution in [0.1, 0.15) is 49.9 Å². The lowest BCUT2D eigenvalue weighted by Crippen LogP contribution is -2.19. The Bertz CT molecular complexity index is 2280. The van der Waals surface area contributed by atoms with Gasteiger partial charge in [0.15, 0.2) is 0 Å². The van der Waals surface area contributed by atoms with Gasteiger partial charge in [0.25, 0.3) is 11.4 Å². The van der Waals surface area contributed by atoms with Gasteiger partial charge in [-0.15, -0.1) is 0 Å². The van der Waals surface area contributed by atoms with Crippen LogP contribution in [0.2, 0.25) is 0 Å². The zero-order chi connectivity index (χ0) is 39.5. The molecule has 7 aromatic carbocycles. The molecule has 0 aliphatic heterocycles. The van der Waals surface area contributed by atoms with Crippen LogP contribution in [0.5, 0.6) is 0 Å². The molecule has 0 saturated heterocycles. The highest BCUT2D eigenvalue weighted by atomic mass is 16.6. The molecule has 7 aromatic rings. The van der Waals surface area contributed by atoms with Crippen molar-refractivity contribution in [2.24, 2.45) is 0 Å². The molecule has 0 aromatic heterocycles. The van der Waals surface area contributed by atoms with E-state index in [1.54, 1.807) is 24.3 Å². The van der Waals surface area contributed by atoms with Crippen LogP contribution in [-0.4, -0.2) is 9.85 Å². The zero-order valence-electron chi connectivity index (χ0n) is 31.7. The van der Waals surface area contributed by atoms with E-state index in [2.05, 4.69) is 130 Å². The minimum atomic E-state index is -0.437. The van der Waals surface area contributed by atoms with Gasteiger partial charge in [0.1, 0.15) is 0 Å². The van der Waals surface area contributed by atoms with Crippen LogP contribution in [0, 0.1) is 20.2 Å². The Balaban J connectivity index is 1.29. The van der Waals surface area contributed by atoms with Crippen molar-refractivity contribution in [1.82, 2.24) is 0 Å². The first-order valence-corrected chi connectivity index (χ1v) is 18.4. The van der Waals surface area contributed by atoms with Crippen molar-refractivity contribution in [3.8, 4) is 0 Å². The van der Waals surface area contributed by atoms with Crippen molar-refractivity contribution in [3.05, 3.63) is 224 Å². The van der Waals surface area contributed by atoms with Crippen molar-refractivity contribution in [1.29, 1.82) is 0 Å². The average Bonchev–Trinajstić information content (AvgIpc) is 3.23. The summed E-state index contributed by atoms with van der Waals surface area (Å²) in [5, 5.41) is 22.9. The van der Waals surface area contributed by atoms with Crippen molar-refractivity contribution < 1.29 is 9.85 Å². The highest BCUT2D eigenvalue weighted by molar-refractivity contribution is 5.81. The minimum absolute atomic E-state index is 0.0280. The first-order chi connectivity index (χ1) is 26.9. The van der Waals surface area contributed by atoms with Gasteiger partial charge in [-0.2, -0.15) is 0 Å². The third-order valence-electron chi connectivity index (χ3n) is 10.7. The first-order valence-electron chi connectivity index (χ1n) is 18.4. The van der Waals surface area contributed by atoms with Crippen LogP contribution in [0.25, 0.3) is 0 Å². The van der Waals surface area contributed by atoms with E-state index in [4.69, 9.17) is 0 Å². The molecule has 8 nitrogen and oxygen atoms in total. The topological polar surface area (TPSA) is 92.8 Å². The third-order valence-corrected chi connectivity index (χ3v) is 10.7. The van der Waals surface area contributed by atoms with Crippen LogP contribution < -0.4 is 9.80 Å². The largest absolute Gasteiger partial charge is 0.311 e. The second-order valence-corrected chi connectivity index (χ2v) is 14.8. The summed E-state index contributed by atoms with van der Waals surface area (Å²) in [6.45, 7) is 8.96. The molecule has 0 saturated carbocycles. The van der Waals surface area contributed by atoms with Gasteiger partial charge < -0.3 is 9.80 Å². The lowest BCUT2D eigenvalue weighted by molar-refractivity contribution is -0.385. The molecular weight excluding hydrogens is 697 g/mol. The monoisotopic (exact) mass is 738 g/mol. The van der Waals surface area contributed by atoms with Crippen molar-refractivity contribution in [3.63, 3.8) is 0 Å². The lowest BCUT2D eigenvalue weighted by Gasteiger charge is -2.31. The fraction of sp³-hybridized carbons (Fsp3) is 0.125. The quantitative estimate of drug-likeness (QED) is 0.0915. The fourth-order valence-electron chi connectivity index (χ4n) is 7.19. The number of nitro groups is 2. The summed E-state index contributed by atoms with van der Waals surface area (Å²) >= 11 is 0. The predicted octanol–water partition coefficient (Wildman–Crippen LogP) is 13.1. The van der Waals surface area contributed by atoms with Gasteiger partial charge >= 0.3 is 0 Å². The van der Waals surface area contributed by atoms with E-state index >= 15 is 0 Å². The molecule has 0 unspecified atom stereocenters. The Labute approximate surface area is 327 Å². The number of hydrogen-bond acceptors (Lipinski definition) is 6. The van der Waals surface area contributed by atoms with E-state index in [-0.39, 0.29) is 22.2 Å². The molecule has 8 heteroatoms. The summed E-state index contributed by atoms with van der Waals surface area (Å²) in [4.78, 5) is 26.2. The summed E-state index contributed by atoms with van der Waals surface area (Å²) in [6, 6.07) is 59.1. The highest BCUT2D eigenvalue weighted by Crippen LogP contribution is 2.42. The Hall–Kier alpha value is -7.06. The molecule has 56 heavy (non-hydrogen) atoms. The van der Waals surface area contributed by atoms with Crippen molar-refractivity contribution >= 4 is 45.5 Å². The van der Waals surface area contributed by atoms with Gasteiger partial charge in [-0.3, -0.25) is 20.2 Å². The van der Waals surface area contributed by atoms with Gasteiger partial charge in [0, 0.05) is 69.2 Å². The number of hydrogen-bond donors (Lipinski definition) is 0. The number of benzene rings is 7. The van der Waals surface area contributed by atoms with Crippen molar-refractivity contribution in [2.75, 3.05) is 9.80 Å². The average molecular weight is 739 g/mol. The number of non-ortho nitro benzene ring substituents is 2. The summed E-state index contributed by atoms with van der Waals surface area (Å²) in [6.07, 6.45) is 0. The normalized spacial score (nSPS) is 11.5. The molecule has 0 amide bonds. The number of nitrogens with zero attached hydrogens (tertiary/aromatic N) is 4. The van der Waals surface area contributed by atoms with Crippen molar-refractivity contribution in [2.45, 2.75) is 38.5 Å². The van der Waals surface area contributed by atoms with E-state index in [0.29, 0.717) is 11.4 Å².